The van der Waals surface area contributed by atoms with Crippen LogP contribution >= 0.6 is 23.4 Å². The fourth-order valence-electron chi connectivity index (χ4n) is 3.07. The molecule has 0 radical (unpaired) electrons. The number of rotatable bonds is 7. The predicted molar refractivity (Wildman–Crippen MR) is 111 cm³/mol. The van der Waals surface area contributed by atoms with Gasteiger partial charge in [-0.2, -0.15) is 0 Å². The first-order valence-electron chi connectivity index (χ1n) is 8.67. The zero-order chi connectivity index (χ0) is 18.5. The molecule has 0 amide bonds. The number of aryl methyl sites for hydroxylation is 2. The van der Waals surface area contributed by atoms with Gasteiger partial charge in [0.15, 0.2) is 5.78 Å². The topological polar surface area (TPSA) is 22.0 Å². The van der Waals surface area contributed by atoms with Gasteiger partial charge in [0, 0.05) is 33.4 Å². The molecule has 26 heavy (non-hydrogen) atoms. The average molecular weight is 384 g/mol. The minimum Gasteiger partial charge on any atom is -0.348 e. The first kappa shape index (κ1) is 18.8. The van der Waals surface area contributed by atoms with E-state index in [9.17, 15) is 4.79 Å². The lowest BCUT2D eigenvalue weighted by molar-refractivity contribution is 0.102. The summed E-state index contributed by atoms with van der Waals surface area (Å²) >= 11 is 7.45. The number of thioether (sulfide) groups is 1. The maximum atomic E-state index is 12.7. The van der Waals surface area contributed by atoms with E-state index in [1.165, 1.54) is 5.56 Å². The van der Waals surface area contributed by atoms with Gasteiger partial charge in [0.25, 0.3) is 0 Å². The number of carbonyl (C=O) groups excluding carboxylic acids is 1. The highest BCUT2D eigenvalue weighted by molar-refractivity contribution is 8.00. The molecule has 1 heterocycles. The van der Waals surface area contributed by atoms with Gasteiger partial charge >= 0.3 is 0 Å². The number of hydrogen-bond donors (Lipinski definition) is 0. The molecule has 0 N–H and O–H groups in total. The number of hydrogen-bond acceptors (Lipinski definition) is 2. The van der Waals surface area contributed by atoms with E-state index in [-0.39, 0.29) is 5.78 Å². The van der Waals surface area contributed by atoms with Crippen molar-refractivity contribution in [2.75, 3.05) is 5.75 Å². The Hall–Kier alpha value is -1.97. The van der Waals surface area contributed by atoms with E-state index in [1.54, 1.807) is 11.8 Å². The van der Waals surface area contributed by atoms with Gasteiger partial charge < -0.3 is 4.57 Å². The van der Waals surface area contributed by atoms with Gasteiger partial charge in [0.05, 0.1) is 5.75 Å². The third-order valence-electron chi connectivity index (χ3n) is 4.52. The van der Waals surface area contributed by atoms with Crippen LogP contribution < -0.4 is 0 Å². The molecule has 0 saturated heterocycles. The van der Waals surface area contributed by atoms with Crippen molar-refractivity contribution in [1.82, 2.24) is 4.57 Å². The Labute approximate surface area is 164 Å². The summed E-state index contributed by atoms with van der Waals surface area (Å²) in [5, 5.41) is 0.711. The van der Waals surface area contributed by atoms with E-state index in [1.807, 2.05) is 43.3 Å². The molecule has 1 aromatic heterocycles. The number of halogens is 1. The van der Waals surface area contributed by atoms with Gasteiger partial charge in [-0.15, -0.1) is 11.8 Å². The molecule has 2 aromatic carbocycles. The van der Waals surface area contributed by atoms with E-state index in [0.29, 0.717) is 10.8 Å². The van der Waals surface area contributed by atoms with Crippen LogP contribution in [0.4, 0.5) is 0 Å². The Morgan fingerprint density at radius 2 is 1.73 bits per heavy atom. The summed E-state index contributed by atoms with van der Waals surface area (Å²) < 4.78 is 2.24. The molecular formula is C22H22ClNOS. The summed E-state index contributed by atoms with van der Waals surface area (Å²) in [7, 11) is 0. The number of Topliss-reactive ketones (excluding diaryl/α,β-unsaturated/α-hetero) is 1. The van der Waals surface area contributed by atoms with E-state index in [0.717, 1.165) is 34.8 Å². The number of benzene rings is 2. The van der Waals surface area contributed by atoms with Crippen LogP contribution in [0.25, 0.3) is 0 Å². The highest BCUT2D eigenvalue weighted by Crippen LogP contribution is 2.23. The summed E-state index contributed by atoms with van der Waals surface area (Å²) in [6, 6.07) is 20.1. The van der Waals surface area contributed by atoms with E-state index in [4.69, 9.17) is 11.6 Å². The molecular weight excluding hydrogens is 362 g/mol. The molecule has 4 heteroatoms. The average Bonchev–Trinajstić information content (AvgIpc) is 2.94. The number of ketones is 1. The van der Waals surface area contributed by atoms with Gasteiger partial charge in [0.2, 0.25) is 0 Å². The van der Waals surface area contributed by atoms with E-state index < -0.39 is 0 Å². The van der Waals surface area contributed by atoms with Crippen molar-refractivity contribution in [3.05, 3.63) is 88.2 Å². The third-order valence-corrected chi connectivity index (χ3v) is 5.79. The zero-order valence-electron chi connectivity index (χ0n) is 15.0. The molecule has 3 aromatic rings. The second-order valence-corrected chi connectivity index (χ2v) is 7.82. The minimum absolute atomic E-state index is 0.170. The van der Waals surface area contributed by atoms with Crippen LogP contribution in [0.5, 0.6) is 0 Å². The van der Waals surface area contributed by atoms with Gasteiger partial charge in [-0.25, -0.2) is 0 Å². The summed E-state index contributed by atoms with van der Waals surface area (Å²) in [5.41, 5.74) is 4.33. The zero-order valence-corrected chi connectivity index (χ0v) is 16.6. The largest absolute Gasteiger partial charge is 0.348 e. The molecule has 3 rings (SSSR count). The van der Waals surface area contributed by atoms with Gasteiger partial charge in [0.1, 0.15) is 0 Å². The van der Waals surface area contributed by atoms with Crippen LogP contribution in [0.3, 0.4) is 0 Å². The van der Waals surface area contributed by atoms with Gasteiger partial charge in [-0.3, -0.25) is 4.79 Å². The monoisotopic (exact) mass is 383 g/mol. The maximum Gasteiger partial charge on any atom is 0.174 e. The van der Waals surface area contributed by atoms with Crippen molar-refractivity contribution in [3.63, 3.8) is 0 Å². The number of nitrogens with zero attached hydrogens (tertiary/aromatic N) is 1. The molecule has 0 bridgehead atoms. The smallest absolute Gasteiger partial charge is 0.174 e. The number of carbonyl (C=O) groups is 1. The molecule has 0 unspecified atom stereocenters. The Bertz CT molecular complexity index is 885. The normalized spacial score (nSPS) is 10.9. The summed E-state index contributed by atoms with van der Waals surface area (Å²) in [6.45, 7) is 5.00. The molecule has 0 aliphatic carbocycles. The SMILES string of the molecule is Cc1cc(C(=O)CSc2ccc(Cl)cc2)c(C)n1CCc1ccccc1. The van der Waals surface area contributed by atoms with Crippen molar-refractivity contribution in [1.29, 1.82) is 0 Å². The van der Waals surface area contributed by atoms with Crippen molar-refractivity contribution in [2.45, 2.75) is 31.7 Å². The Kier molecular flexibility index (Phi) is 6.23. The Morgan fingerprint density at radius 1 is 1.04 bits per heavy atom. The maximum absolute atomic E-state index is 12.7. The van der Waals surface area contributed by atoms with Crippen LogP contribution in [0.1, 0.15) is 27.3 Å². The molecule has 2 nitrogen and oxygen atoms in total. The first-order chi connectivity index (χ1) is 12.5. The second-order valence-electron chi connectivity index (χ2n) is 6.34. The molecule has 0 atom stereocenters. The quantitative estimate of drug-likeness (QED) is 0.370. The molecule has 134 valence electrons. The van der Waals surface area contributed by atoms with Crippen LogP contribution in [-0.2, 0) is 13.0 Å². The lowest BCUT2D eigenvalue weighted by Crippen LogP contribution is -2.08. The molecule has 0 aliphatic heterocycles. The molecule has 0 spiro atoms. The van der Waals surface area contributed by atoms with Crippen LogP contribution in [0.15, 0.2) is 65.6 Å². The van der Waals surface area contributed by atoms with Crippen molar-refractivity contribution in [2.24, 2.45) is 0 Å². The van der Waals surface area contributed by atoms with Crippen molar-refractivity contribution < 1.29 is 4.79 Å². The number of aromatic nitrogens is 1. The van der Waals surface area contributed by atoms with Gasteiger partial charge in [-0.1, -0.05) is 41.9 Å². The van der Waals surface area contributed by atoms with Crippen LogP contribution in [0, 0.1) is 13.8 Å². The molecule has 0 aliphatic rings. The second kappa shape index (κ2) is 8.61. The summed E-state index contributed by atoms with van der Waals surface area (Å²) in [6.07, 6.45) is 0.963. The van der Waals surface area contributed by atoms with E-state index in [2.05, 4.69) is 35.8 Å². The Balaban J connectivity index is 1.66. The van der Waals surface area contributed by atoms with Gasteiger partial charge in [-0.05, 0) is 56.2 Å². The Morgan fingerprint density at radius 3 is 2.42 bits per heavy atom. The summed E-state index contributed by atoms with van der Waals surface area (Å²) in [5.74, 6) is 0.606. The minimum atomic E-state index is 0.170. The van der Waals surface area contributed by atoms with Crippen molar-refractivity contribution >= 4 is 29.1 Å². The summed E-state index contributed by atoms with van der Waals surface area (Å²) in [4.78, 5) is 13.7. The highest BCUT2D eigenvalue weighted by Gasteiger charge is 2.16. The van der Waals surface area contributed by atoms with Crippen molar-refractivity contribution in [3.8, 4) is 0 Å². The predicted octanol–water partition coefficient (Wildman–Crippen LogP) is 5.98. The van der Waals surface area contributed by atoms with E-state index >= 15 is 0 Å². The standard InChI is InChI=1S/C22H22ClNOS/c1-16-14-21(22(25)15-26-20-10-8-19(23)9-11-20)17(2)24(16)13-12-18-6-4-3-5-7-18/h3-11,14H,12-13,15H2,1-2H3. The molecule has 0 fully saturated rings. The lowest BCUT2D eigenvalue weighted by Gasteiger charge is -2.10. The lowest BCUT2D eigenvalue weighted by atomic mass is 10.1. The fourth-order valence-corrected chi connectivity index (χ4v) is 3.98. The third kappa shape index (κ3) is 4.60. The fraction of sp³-hybridized carbons (Fsp3) is 0.227. The van der Waals surface area contributed by atoms with Crippen LogP contribution in [-0.4, -0.2) is 16.1 Å². The first-order valence-corrected chi connectivity index (χ1v) is 10.0. The molecule has 0 saturated carbocycles. The highest BCUT2D eigenvalue weighted by atomic mass is 35.5. The van der Waals surface area contributed by atoms with Crippen LogP contribution in [0.2, 0.25) is 5.02 Å².